The van der Waals surface area contributed by atoms with Crippen molar-refractivity contribution in [2.75, 3.05) is 18.2 Å². The minimum atomic E-state index is -0.654. The molecule has 0 aliphatic carbocycles. The molecule has 0 fully saturated rings. The number of carbonyl (C=O) groups excluding carboxylic acids is 1. The molecule has 1 atom stereocenters. The molecular weight excluding hydrogens is 268 g/mol. The summed E-state index contributed by atoms with van der Waals surface area (Å²) < 4.78 is 10.8. The summed E-state index contributed by atoms with van der Waals surface area (Å²) in [4.78, 5) is 12.1. The molecule has 0 spiro atoms. The molecule has 0 aromatic heterocycles. The number of nitrogens with one attached hydrogen (secondary N) is 1. The average molecular weight is 286 g/mol. The van der Waals surface area contributed by atoms with Gasteiger partial charge >= 0.3 is 0 Å². The largest absolute Gasteiger partial charge is 0.493 e. The van der Waals surface area contributed by atoms with E-state index >= 15 is 0 Å². The summed E-state index contributed by atoms with van der Waals surface area (Å²) in [6.45, 7) is 1.68. The van der Waals surface area contributed by atoms with Crippen LogP contribution in [0.25, 0.3) is 0 Å². The number of benzene rings is 2. The molecule has 0 aliphatic heterocycles. The van der Waals surface area contributed by atoms with Gasteiger partial charge < -0.3 is 20.5 Å². The lowest BCUT2D eigenvalue weighted by Gasteiger charge is -2.16. The molecule has 2 rings (SSSR count). The van der Waals surface area contributed by atoms with Crippen molar-refractivity contribution in [3.63, 3.8) is 0 Å². The Kier molecular flexibility index (Phi) is 4.66. The van der Waals surface area contributed by atoms with E-state index in [1.165, 1.54) is 0 Å². The first kappa shape index (κ1) is 14.7. The van der Waals surface area contributed by atoms with Crippen LogP contribution in [0.15, 0.2) is 48.5 Å². The third kappa shape index (κ3) is 3.89. The van der Waals surface area contributed by atoms with Crippen LogP contribution in [0.2, 0.25) is 0 Å². The van der Waals surface area contributed by atoms with Crippen molar-refractivity contribution < 1.29 is 14.3 Å². The van der Waals surface area contributed by atoms with Crippen molar-refractivity contribution in [2.24, 2.45) is 0 Å². The molecule has 21 heavy (non-hydrogen) atoms. The molecule has 0 radical (unpaired) electrons. The fourth-order valence-electron chi connectivity index (χ4n) is 1.77. The van der Waals surface area contributed by atoms with Crippen LogP contribution >= 0.6 is 0 Å². The topological polar surface area (TPSA) is 73.6 Å². The molecule has 2 aromatic carbocycles. The SMILES string of the molecule is COc1ccccc1O[C@H](C)C(=O)Nc1ccc(N)cc1. The van der Waals surface area contributed by atoms with Crippen LogP contribution < -0.4 is 20.5 Å². The van der Waals surface area contributed by atoms with Gasteiger partial charge in [0.2, 0.25) is 0 Å². The molecule has 1 amide bonds. The fourth-order valence-corrected chi connectivity index (χ4v) is 1.77. The van der Waals surface area contributed by atoms with E-state index in [9.17, 15) is 4.79 Å². The molecular formula is C16H18N2O3. The van der Waals surface area contributed by atoms with Crippen LogP contribution in [0.1, 0.15) is 6.92 Å². The van der Waals surface area contributed by atoms with Crippen LogP contribution in [0.5, 0.6) is 11.5 Å². The summed E-state index contributed by atoms with van der Waals surface area (Å²) in [7, 11) is 1.56. The quantitative estimate of drug-likeness (QED) is 0.829. The smallest absolute Gasteiger partial charge is 0.265 e. The normalized spacial score (nSPS) is 11.5. The molecule has 5 nitrogen and oxygen atoms in total. The van der Waals surface area contributed by atoms with Gasteiger partial charge in [-0.1, -0.05) is 12.1 Å². The van der Waals surface area contributed by atoms with Gasteiger partial charge in [-0.25, -0.2) is 0 Å². The molecule has 0 aliphatic rings. The van der Waals surface area contributed by atoms with Crippen molar-refractivity contribution in [3.8, 4) is 11.5 Å². The highest BCUT2D eigenvalue weighted by Crippen LogP contribution is 2.27. The van der Waals surface area contributed by atoms with Gasteiger partial charge in [-0.05, 0) is 43.3 Å². The molecule has 0 saturated heterocycles. The molecule has 0 saturated carbocycles. The second kappa shape index (κ2) is 6.65. The number of anilines is 2. The van der Waals surface area contributed by atoms with Gasteiger partial charge in [0.25, 0.3) is 5.91 Å². The van der Waals surface area contributed by atoms with E-state index in [1.807, 2.05) is 12.1 Å². The van der Waals surface area contributed by atoms with E-state index in [1.54, 1.807) is 50.4 Å². The highest BCUT2D eigenvalue weighted by molar-refractivity contribution is 5.94. The number of amides is 1. The first-order valence-corrected chi connectivity index (χ1v) is 6.56. The predicted octanol–water partition coefficient (Wildman–Crippen LogP) is 2.68. The Labute approximate surface area is 123 Å². The summed E-state index contributed by atoms with van der Waals surface area (Å²) in [5.41, 5.74) is 6.92. The van der Waals surface area contributed by atoms with Gasteiger partial charge in [0.1, 0.15) is 0 Å². The number of nitrogen functional groups attached to an aromatic ring is 1. The lowest BCUT2D eigenvalue weighted by Crippen LogP contribution is -2.30. The molecule has 3 N–H and O–H groups in total. The number of para-hydroxylation sites is 2. The number of rotatable bonds is 5. The first-order valence-electron chi connectivity index (χ1n) is 6.56. The van der Waals surface area contributed by atoms with Gasteiger partial charge in [-0.3, -0.25) is 4.79 Å². The van der Waals surface area contributed by atoms with Gasteiger partial charge in [-0.2, -0.15) is 0 Å². The molecule has 0 unspecified atom stereocenters. The van der Waals surface area contributed by atoms with E-state index in [4.69, 9.17) is 15.2 Å². The van der Waals surface area contributed by atoms with Gasteiger partial charge in [0.05, 0.1) is 7.11 Å². The Morgan fingerprint density at radius 3 is 2.33 bits per heavy atom. The lowest BCUT2D eigenvalue weighted by atomic mass is 10.2. The number of hydrogen-bond donors (Lipinski definition) is 2. The molecule has 110 valence electrons. The third-order valence-corrected chi connectivity index (χ3v) is 2.92. The van der Waals surface area contributed by atoms with Crippen molar-refractivity contribution >= 4 is 17.3 Å². The maximum atomic E-state index is 12.1. The Bertz CT molecular complexity index is 611. The zero-order valence-corrected chi connectivity index (χ0v) is 12.0. The van der Waals surface area contributed by atoms with Gasteiger partial charge in [0, 0.05) is 11.4 Å². The molecule has 0 bridgehead atoms. The van der Waals surface area contributed by atoms with Crippen LogP contribution in [0, 0.1) is 0 Å². The highest BCUT2D eigenvalue weighted by atomic mass is 16.5. The zero-order chi connectivity index (χ0) is 15.2. The molecule has 5 heteroatoms. The Morgan fingerprint density at radius 1 is 1.10 bits per heavy atom. The summed E-state index contributed by atoms with van der Waals surface area (Å²) in [5.74, 6) is 0.871. The maximum Gasteiger partial charge on any atom is 0.265 e. The van der Waals surface area contributed by atoms with Crippen molar-refractivity contribution in [1.29, 1.82) is 0 Å². The number of hydrogen-bond acceptors (Lipinski definition) is 4. The maximum absolute atomic E-state index is 12.1. The predicted molar refractivity (Wildman–Crippen MR) is 82.6 cm³/mol. The van der Waals surface area contributed by atoms with Crippen LogP contribution in [-0.2, 0) is 4.79 Å². The summed E-state index contributed by atoms with van der Waals surface area (Å²) >= 11 is 0. The Balaban J connectivity index is 2.01. The number of methoxy groups -OCH3 is 1. The van der Waals surface area contributed by atoms with Gasteiger partial charge in [0.15, 0.2) is 17.6 Å². The monoisotopic (exact) mass is 286 g/mol. The fraction of sp³-hybridized carbons (Fsp3) is 0.188. The molecule has 0 heterocycles. The van der Waals surface area contributed by atoms with E-state index in [0.29, 0.717) is 22.9 Å². The van der Waals surface area contributed by atoms with E-state index in [-0.39, 0.29) is 5.91 Å². The van der Waals surface area contributed by atoms with Crippen molar-refractivity contribution in [2.45, 2.75) is 13.0 Å². The third-order valence-electron chi connectivity index (χ3n) is 2.92. The number of ether oxygens (including phenoxy) is 2. The van der Waals surface area contributed by atoms with Crippen molar-refractivity contribution in [1.82, 2.24) is 0 Å². The van der Waals surface area contributed by atoms with Crippen LogP contribution in [0.4, 0.5) is 11.4 Å². The second-order valence-corrected chi connectivity index (χ2v) is 4.52. The van der Waals surface area contributed by atoms with Crippen LogP contribution in [0.3, 0.4) is 0 Å². The number of carbonyl (C=O) groups is 1. The molecule has 2 aromatic rings. The summed E-state index contributed by atoms with van der Waals surface area (Å²) in [5, 5.41) is 2.77. The van der Waals surface area contributed by atoms with Gasteiger partial charge in [-0.15, -0.1) is 0 Å². The van der Waals surface area contributed by atoms with Crippen molar-refractivity contribution in [3.05, 3.63) is 48.5 Å². The standard InChI is InChI=1S/C16H18N2O3/c1-11(21-15-6-4-3-5-14(15)20-2)16(19)18-13-9-7-12(17)8-10-13/h3-11H,17H2,1-2H3,(H,18,19)/t11-/m1/s1. The minimum absolute atomic E-state index is 0.245. The van der Waals surface area contributed by atoms with E-state index < -0.39 is 6.10 Å². The number of nitrogens with two attached hydrogens (primary N) is 1. The van der Waals surface area contributed by atoms with E-state index in [0.717, 1.165) is 0 Å². The lowest BCUT2D eigenvalue weighted by molar-refractivity contribution is -0.122. The summed E-state index contributed by atoms with van der Waals surface area (Å²) in [6, 6.07) is 14.1. The zero-order valence-electron chi connectivity index (χ0n) is 12.0. The summed E-state index contributed by atoms with van der Waals surface area (Å²) in [6.07, 6.45) is -0.654. The Hall–Kier alpha value is -2.69. The Morgan fingerprint density at radius 2 is 1.71 bits per heavy atom. The first-order chi connectivity index (χ1) is 10.1. The average Bonchev–Trinajstić information content (AvgIpc) is 2.50. The van der Waals surface area contributed by atoms with Crippen LogP contribution in [-0.4, -0.2) is 19.1 Å². The highest BCUT2D eigenvalue weighted by Gasteiger charge is 2.16. The second-order valence-electron chi connectivity index (χ2n) is 4.52. The van der Waals surface area contributed by atoms with E-state index in [2.05, 4.69) is 5.32 Å². The minimum Gasteiger partial charge on any atom is -0.493 e.